The van der Waals surface area contributed by atoms with Gasteiger partial charge in [0, 0.05) is 42.9 Å². The van der Waals surface area contributed by atoms with Crippen LogP contribution < -0.4 is 25.7 Å². The minimum atomic E-state index is -0.489. The molecule has 0 atom stereocenters. The molecule has 1 fully saturated rings. The number of pyridine rings is 1. The van der Waals surface area contributed by atoms with E-state index in [0.717, 1.165) is 29.3 Å². The summed E-state index contributed by atoms with van der Waals surface area (Å²) in [6.07, 6.45) is 3.71. The fourth-order valence-corrected chi connectivity index (χ4v) is 4.75. The molecule has 2 aromatic heterocycles. The van der Waals surface area contributed by atoms with Crippen molar-refractivity contribution in [2.45, 2.75) is 32.7 Å². The molecule has 0 saturated heterocycles. The molecule has 192 valence electrons. The van der Waals surface area contributed by atoms with Crippen LogP contribution in [0.25, 0.3) is 10.9 Å². The molecule has 1 aliphatic carbocycles. The quantitative estimate of drug-likeness (QED) is 0.278. The molecule has 0 radical (unpaired) electrons. The lowest BCUT2D eigenvalue weighted by molar-refractivity contribution is 0.0948. The van der Waals surface area contributed by atoms with E-state index in [9.17, 15) is 14.0 Å². The van der Waals surface area contributed by atoms with Crippen LogP contribution in [0, 0.1) is 19.7 Å². The lowest BCUT2D eigenvalue weighted by atomic mass is 10.1. The van der Waals surface area contributed by atoms with Gasteiger partial charge in [-0.3, -0.25) is 18.1 Å². The van der Waals surface area contributed by atoms with Crippen molar-refractivity contribution in [3.8, 4) is 11.5 Å². The maximum absolute atomic E-state index is 14.8. The zero-order valence-electron chi connectivity index (χ0n) is 21.0. The number of nitrogens with one attached hydrogen (secondary N) is 3. The molecule has 0 aliphatic heterocycles. The standard InChI is InChI=1S/C27H28FN5O3S/c1-15-5-10-21(20(28)13-15)31-25-23(26(34)30-18-7-8-18)24(16(2)27(35)32(25)4)36-19-9-6-17-11-12-33(37-29-3)22(17)14-19/h5-6,9-14,18,29,31H,7-8H2,1-4H3,(H,30,34). The predicted molar refractivity (Wildman–Crippen MR) is 145 cm³/mol. The third kappa shape index (κ3) is 4.94. The summed E-state index contributed by atoms with van der Waals surface area (Å²) in [6, 6.07) is 12.3. The molecule has 2 aromatic carbocycles. The largest absolute Gasteiger partial charge is 0.456 e. The number of amides is 1. The van der Waals surface area contributed by atoms with Crippen LogP contribution in [0.15, 0.2) is 53.5 Å². The SMILES string of the molecule is CNSn1ccc2ccc(Oc3c(C(=O)NC4CC4)c(Nc4ccc(C)cc4F)n(C)c(=O)c3C)cc21. The van der Waals surface area contributed by atoms with Gasteiger partial charge in [-0.2, -0.15) is 0 Å². The normalized spacial score (nSPS) is 13.1. The number of hydrogen-bond donors (Lipinski definition) is 3. The van der Waals surface area contributed by atoms with Crippen molar-refractivity contribution in [2.75, 3.05) is 12.4 Å². The Kier molecular flexibility index (Phi) is 6.70. The Hall–Kier alpha value is -3.76. The van der Waals surface area contributed by atoms with Crippen molar-refractivity contribution < 1.29 is 13.9 Å². The molecule has 0 bridgehead atoms. The highest BCUT2D eigenvalue weighted by Crippen LogP contribution is 2.36. The Bertz CT molecular complexity index is 1570. The lowest BCUT2D eigenvalue weighted by Crippen LogP contribution is -2.31. The number of hydrogen-bond acceptors (Lipinski definition) is 6. The molecular formula is C27H28FN5O3S. The summed E-state index contributed by atoms with van der Waals surface area (Å²) in [4.78, 5) is 26.8. The van der Waals surface area contributed by atoms with Gasteiger partial charge in [0.05, 0.1) is 16.8 Å². The summed E-state index contributed by atoms with van der Waals surface area (Å²) < 4.78 is 27.4. The number of aryl methyl sites for hydroxylation is 1. The monoisotopic (exact) mass is 521 g/mol. The number of nitrogens with zero attached hydrogens (tertiary/aromatic N) is 2. The van der Waals surface area contributed by atoms with Crippen molar-refractivity contribution >= 4 is 40.4 Å². The van der Waals surface area contributed by atoms with E-state index in [-0.39, 0.29) is 45.9 Å². The Morgan fingerprint density at radius 1 is 1.14 bits per heavy atom. The summed E-state index contributed by atoms with van der Waals surface area (Å²) in [5, 5.41) is 6.99. The zero-order valence-corrected chi connectivity index (χ0v) is 21.8. The van der Waals surface area contributed by atoms with E-state index in [0.29, 0.717) is 5.75 Å². The van der Waals surface area contributed by atoms with Crippen molar-refractivity contribution in [3.05, 3.63) is 81.5 Å². The van der Waals surface area contributed by atoms with E-state index in [1.165, 1.54) is 22.8 Å². The van der Waals surface area contributed by atoms with E-state index in [2.05, 4.69) is 15.4 Å². The summed E-state index contributed by atoms with van der Waals surface area (Å²) in [5.74, 6) is -0.121. The van der Waals surface area contributed by atoms with E-state index < -0.39 is 5.82 Å². The summed E-state index contributed by atoms with van der Waals surface area (Å²) in [7, 11) is 3.38. The summed E-state index contributed by atoms with van der Waals surface area (Å²) >= 11 is 1.41. The van der Waals surface area contributed by atoms with Crippen molar-refractivity contribution in [3.63, 3.8) is 0 Å². The van der Waals surface area contributed by atoms with Gasteiger partial charge in [-0.15, -0.1) is 0 Å². The molecule has 10 heteroatoms. The maximum atomic E-state index is 14.8. The highest BCUT2D eigenvalue weighted by Gasteiger charge is 2.30. The van der Waals surface area contributed by atoms with Crippen LogP contribution in [-0.4, -0.2) is 27.5 Å². The summed E-state index contributed by atoms with van der Waals surface area (Å²) in [6.45, 7) is 3.41. The van der Waals surface area contributed by atoms with E-state index in [1.54, 1.807) is 39.1 Å². The van der Waals surface area contributed by atoms with Crippen molar-refractivity contribution in [1.82, 2.24) is 18.6 Å². The first-order valence-corrected chi connectivity index (χ1v) is 12.7. The van der Waals surface area contributed by atoms with Gasteiger partial charge >= 0.3 is 0 Å². The smallest absolute Gasteiger partial charge is 0.259 e. The van der Waals surface area contributed by atoms with Gasteiger partial charge in [-0.1, -0.05) is 6.07 Å². The molecule has 8 nitrogen and oxygen atoms in total. The topological polar surface area (TPSA) is 89.3 Å². The van der Waals surface area contributed by atoms with Crippen molar-refractivity contribution in [1.29, 1.82) is 0 Å². The molecule has 37 heavy (non-hydrogen) atoms. The predicted octanol–water partition coefficient (Wildman–Crippen LogP) is 5.15. The Morgan fingerprint density at radius 3 is 2.62 bits per heavy atom. The molecule has 1 aliphatic rings. The number of fused-ring (bicyclic) bond motifs is 1. The van der Waals surface area contributed by atoms with Gasteiger partial charge in [0.2, 0.25) is 0 Å². The molecule has 5 rings (SSSR count). The van der Waals surface area contributed by atoms with Gasteiger partial charge in [0.25, 0.3) is 11.5 Å². The van der Waals surface area contributed by atoms with Gasteiger partial charge in [-0.05, 0) is 69.6 Å². The number of anilines is 2. The van der Waals surface area contributed by atoms with Gasteiger partial charge < -0.3 is 15.4 Å². The van der Waals surface area contributed by atoms with Crippen LogP contribution in [0.2, 0.25) is 0 Å². The van der Waals surface area contributed by atoms with Crippen LogP contribution in [0.5, 0.6) is 11.5 Å². The lowest BCUT2D eigenvalue weighted by Gasteiger charge is -2.21. The molecular weight excluding hydrogens is 493 g/mol. The number of ether oxygens (including phenoxy) is 1. The van der Waals surface area contributed by atoms with Crippen LogP contribution in [-0.2, 0) is 7.05 Å². The Balaban J connectivity index is 1.65. The molecule has 1 saturated carbocycles. The first-order chi connectivity index (χ1) is 17.8. The fourth-order valence-electron chi connectivity index (χ4n) is 4.17. The van der Waals surface area contributed by atoms with Gasteiger partial charge in [0.15, 0.2) is 5.75 Å². The van der Waals surface area contributed by atoms with Crippen LogP contribution in [0.4, 0.5) is 15.9 Å². The maximum Gasteiger partial charge on any atom is 0.259 e. The van der Waals surface area contributed by atoms with Crippen LogP contribution >= 0.6 is 12.1 Å². The third-order valence-corrected chi connectivity index (χ3v) is 7.02. The van der Waals surface area contributed by atoms with Crippen molar-refractivity contribution in [2.24, 2.45) is 7.05 Å². The highest BCUT2D eigenvalue weighted by atomic mass is 32.2. The molecule has 1 amide bonds. The van der Waals surface area contributed by atoms with Gasteiger partial charge in [-0.25, -0.2) is 9.11 Å². The average Bonchev–Trinajstić information content (AvgIpc) is 3.60. The number of carbonyl (C=O) groups excluding carboxylic acids is 1. The number of rotatable bonds is 8. The molecule has 2 heterocycles. The van der Waals surface area contributed by atoms with Crippen LogP contribution in [0.1, 0.15) is 34.3 Å². The first-order valence-electron chi connectivity index (χ1n) is 12.0. The molecule has 3 N–H and O–H groups in total. The number of carbonyl (C=O) groups is 1. The third-order valence-electron chi connectivity index (χ3n) is 6.32. The first kappa shape index (κ1) is 24.9. The van der Waals surface area contributed by atoms with E-state index in [4.69, 9.17) is 4.74 Å². The van der Waals surface area contributed by atoms with Crippen LogP contribution in [0.3, 0.4) is 0 Å². The minimum Gasteiger partial charge on any atom is -0.456 e. The molecule has 4 aromatic rings. The Morgan fingerprint density at radius 2 is 1.92 bits per heavy atom. The zero-order chi connectivity index (χ0) is 26.3. The number of aromatic nitrogens is 2. The Labute approximate surface area is 218 Å². The molecule has 0 spiro atoms. The average molecular weight is 522 g/mol. The van der Waals surface area contributed by atoms with Gasteiger partial charge in [0.1, 0.15) is 22.9 Å². The molecule has 0 unspecified atom stereocenters. The van der Waals surface area contributed by atoms with E-state index in [1.807, 2.05) is 35.4 Å². The van der Waals surface area contributed by atoms with E-state index >= 15 is 0 Å². The minimum absolute atomic E-state index is 0.0695. The number of halogens is 1. The second-order valence-corrected chi connectivity index (χ2v) is 10.1. The second kappa shape index (κ2) is 9.95. The summed E-state index contributed by atoms with van der Waals surface area (Å²) in [5.41, 5.74) is 1.88. The second-order valence-electron chi connectivity index (χ2n) is 9.16. The highest BCUT2D eigenvalue weighted by molar-refractivity contribution is 7.96. The fraction of sp³-hybridized carbons (Fsp3) is 0.259. The number of benzene rings is 2.